The van der Waals surface area contributed by atoms with Crippen molar-refractivity contribution in [3.63, 3.8) is 0 Å². The van der Waals surface area contributed by atoms with Gasteiger partial charge in [0.25, 0.3) is 0 Å². The van der Waals surface area contributed by atoms with E-state index in [4.69, 9.17) is 16.9 Å². The van der Waals surface area contributed by atoms with E-state index in [1.165, 1.54) is 0 Å². The molecule has 0 heterocycles. The van der Waals surface area contributed by atoms with Gasteiger partial charge in [0, 0.05) is 0 Å². The zero-order valence-corrected chi connectivity index (χ0v) is 10.7. The van der Waals surface area contributed by atoms with Crippen LogP contribution in [0.3, 0.4) is 0 Å². The Bertz CT molecular complexity index is 650. The maximum atomic E-state index is 9.24. The molecule has 0 aliphatic carbocycles. The van der Waals surface area contributed by atoms with Gasteiger partial charge in [-0.05, 0) is 29.8 Å². The topological polar surface area (TPSA) is 59.6 Å². The summed E-state index contributed by atoms with van der Waals surface area (Å²) in [6.07, 6.45) is 0. The second kappa shape index (κ2) is 5.91. The highest BCUT2D eigenvalue weighted by Gasteiger charge is 2.11. The van der Waals surface area contributed by atoms with Gasteiger partial charge < -0.3 is 5.32 Å². The van der Waals surface area contributed by atoms with Gasteiger partial charge in [-0.25, -0.2) is 0 Å². The van der Waals surface area contributed by atoms with Crippen molar-refractivity contribution < 1.29 is 0 Å². The van der Waals surface area contributed by atoms with Crippen LogP contribution in [0.4, 0.5) is 5.69 Å². The van der Waals surface area contributed by atoms with Gasteiger partial charge in [-0.3, -0.25) is 0 Å². The molecule has 2 aromatic rings. The first-order chi connectivity index (χ1) is 9.24. The standard InChI is InChI=1S/C15H10ClN3/c16-13-3-1-2-4-14(13)19-15(10-18)12-7-5-11(9-17)6-8-12/h1-8,15,19H. The van der Waals surface area contributed by atoms with E-state index < -0.39 is 6.04 Å². The van der Waals surface area contributed by atoms with Gasteiger partial charge in [0.1, 0.15) is 6.04 Å². The molecule has 0 aliphatic heterocycles. The number of anilines is 1. The maximum Gasteiger partial charge on any atom is 0.140 e. The summed E-state index contributed by atoms with van der Waals surface area (Å²) in [7, 11) is 0. The van der Waals surface area contributed by atoms with Gasteiger partial charge in [-0.1, -0.05) is 35.9 Å². The van der Waals surface area contributed by atoms with Crippen molar-refractivity contribution in [3.8, 4) is 12.1 Å². The van der Waals surface area contributed by atoms with Crippen molar-refractivity contribution in [3.05, 3.63) is 64.7 Å². The van der Waals surface area contributed by atoms with Crippen LogP contribution in [-0.2, 0) is 0 Å². The van der Waals surface area contributed by atoms with Crippen molar-refractivity contribution in [2.75, 3.05) is 5.32 Å². The lowest BCUT2D eigenvalue weighted by molar-refractivity contribution is 0.997. The highest BCUT2D eigenvalue weighted by atomic mass is 35.5. The summed E-state index contributed by atoms with van der Waals surface area (Å²) in [4.78, 5) is 0. The first kappa shape index (κ1) is 13.0. The number of nitrogens with zero attached hydrogens (tertiary/aromatic N) is 2. The van der Waals surface area contributed by atoms with Crippen LogP contribution in [-0.4, -0.2) is 0 Å². The van der Waals surface area contributed by atoms with E-state index in [1.54, 1.807) is 30.3 Å². The van der Waals surface area contributed by atoms with Gasteiger partial charge in [-0.15, -0.1) is 0 Å². The minimum absolute atomic E-state index is 0.507. The third kappa shape index (κ3) is 3.04. The van der Waals surface area contributed by atoms with E-state index in [2.05, 4.69) is 11.4 Å². The molecule has 1 N–H and O–H groups in total. The highest BCUT2D eigenvalue weighted by molar-refractivity contribution is 6.33. The molecule has 1 atom stereocenters. The monoisotopic (exact) mass is 267 g/mol. The second-order valence-electron chi connectivity index (χ2n) is 3.92. The van der Waals surface area contributed by atoms with Crippen LogP contribution in [0.5, 0.6) is 0 Å². The Balaban J connectivity index is 2.24. The molecule has 0 saturated heterocycles. The number of halogens is 1. The molecule has 1 unspecified atom stereocenters. The molecule has 0 spiro atoms. The molecule has 2 aromatic carbocycles. The number of benzene rings is 2. The van der Waals surface area contributed by atoms with Crippen LogP contribution >= 0.6 is 11.6 Å². The van der Waals surface area contributed by atoms with E-state index in [0.29, 0.717) is 16.3 Å². The predicted molar refractivity (Wildman–Crippen MR) is 74.6 cm³/mol. The van der Waals surface area contributed by atoms with Crippen LogP contribution in [0.15, 0.2) is 48.5 Å². The van der Waals surface area contributed by atoms with Gasteiger partial charge >= 0.3 is 0 Å². The Morgan fingerprint density at radius 1 is 1.00 bits per heavy atom. The minimum Gasteiger partial charge on any atom is -0.365 e. The molecule has 0 amide bonds. The van der Waals surface area contributed by atoms with Crippen LogP contribution in [0.1, 0.15) is 17.2 Å². The summed E-state index contributed by atoms with van der Waals surface area (Å²) in [5, 5.41) is 21.6. The largest absolute Gasteiger partial charge is 0.365 e. The SMILES string of the molecule is N#Cc1ccc(C(C#N)Nc2ccccc2Cl)cc1. The van der Waals surface area contributed by atoms with Gasteiger partial charge in [0.15, 0.2) is 0 Å². The van der Waals surface area contributed by atoms with E-state index in [1.807, 2.05) is 24.3 Å². The van der Waals surface area contributed by atoms with Crippen molar-refractivity contribution in [2.45, 2.75) is 6.04 Å². The molecule has 0 aromatic heterocycles. The molecule has 3 nitrogen and oxygen atoms in total. The average molecular weight is 268 g/mol. The van der Waals surface area contributed by atoms with Crippen LogP contribution < -0.4 is 5.32 Å². The fourth-order valence-electron chi connectivity index (χ4n) is 1.67. The van der Waals surface area contributed by atoms with Gasteiger partial charge in [-0.2, -0.15) is 10.5 Å². The van der Waals surface area contributed by atoms with Crippen molar-refractivity contribution in [2.24, 2.45) is 0 Å². The zero-order chi connectivity index (χ0) is 13.7. The molecule has 19 heavy (non-hydrogen) atoms. The minimum atomic E-state index is -0.507. The van der Waals surface area contributed by atoms with E-state index in [0.717, 1.165) is 5.56 Å². The Morgan fingerprint density at radius 2 is 1.68 bits per heavy atom. The Morgan fingerprint density at radius 3 is 2.26 bits per heavy atom. The summed E-state index contributed by atoms with van der Waals surface area (Å²) in [5.74, 6) is 0. The lowest BCUT2D eigenvalue weighted by Gasteiger charge is -2.14. The van der Waals surface area contributed by atoms with Crippen LogP contribution in [0, 0.1) is 22.7 Å². The Kier molecular flexibility index (Phi) is 4.03. The Labute approximate surface area is 116 Å². The smallest absolute Gasteiger partial charge is 0.140 e. The fraction of sp³-hybridized carbons (Fsp3) is 0.0667. The molecule has 92 valence electrons. The maximum absolute atomic E-state index is 9.24. The summed E-state index contributed by atoms with van der Waals surface area (Å²) >= 11 is 6.05. The third-order valence-electron chi connectivity index (χ3n) is 2.68. The summed E-state index contributed by atoms with van der Waals surface area (Å²) in [5.41, 5.74) is 2.07. The van der Waals surface area contributed by atoms with E-state index >= 15 is 0 Å². The van der Waals surface area contributed by atoms with Gasteiger partial charge in [0.2, 0.25) is 0 Å². The van der Waals surface area contributed by atoms with Crippen LogP contribution in [0.2, 0.25) is 5.02 Å². The van der Waals surface area contributed by atoms with E-state index in [9.17, 15) is 5.26 Å². The molecule has 0 radical (unpaired) electrons. The number of nitrogens with one attached hydrogen (secondary N) is 1. The average Bonchev–Trinajstić information content (AvgIpc) is 2.47. The van der Waals surface area contributed by atoms with E-state index in [-0.39, 0.29) is 0 Å². The van der Waals surface area contributed by atoms with Crippen molar-refractivity contribution in [1.29, 1.82) is 10.5 Å². The Hall–Kier alpha value is -2.49. The second-order valence-corrected chi connectivity index (χ2v) is 4.33. The van der Waals surface area contributed by atoms with Gasteiger partial charge in [0.05, 0.1) is 28.4 Å². The summed E-state index contributed by atoms with van der Waals surface area (Å²) in [6, 6.07) is 17.9. The number of hydrogen-bond donors (Lipinski definition) is 1. The number of nitriles is 2. The first-order valence-electron chi connectivity index (χ1n) is 5.65. The molecule has 0 bridgehead atoms. The molecular formula is C15H10ClN3. The lowest BCUT2D eigenvalue weighted by atomic mass is 10.1. The highest BCUT2D eigenvalue weighted by Crippen LogP contribution is 2.25. The van der Waals surface area contributed by atoms with Crippen LogP contribution in [0.25, 0.3) is 0 Å². The third-order valence-corrected chi connectivity index (χ3v) is 3.01. The molecule has 2 rings (SSSR count). The van der Waals surface area contributed by atoms with Crippen molar-refractivity contribution >= 4 is 17.3 Å². The lowest BCUT2D eigenvalue weighted by Crippen LogP contribution is -2.08. The van der Waals surface area contributed by atoms with Crippen molar-refractivity contribution in [1.82, 2.24) is 0 Å². The zero-order valence-electron chi connectivity index (χ0n) is 9.97. The molecule has 0 aliphatic rings. The molecule has 0 fully saturated rings. The number of para-hydroxylation sites is 1. The normalized spacial score (nSPS) is 11.1. The fourth-order valence-corrected chi connectivity index (χ4v) is 1.86. The molecular weight excluding hydrogens is 258 g/mol. The summed E-state index contributed by atoms with van der Waals surface area (Å²) in [6.45, 7) is 0. The molecule has 4 heteroatoms. The predicted octanol–water partition coefficient (Wildman–Crippen LogP) is 3.89. The molecule has 0 saturated carbocycles. The number of rotatable bonds is 3. The summed E-state index contributed by atoms with van der Waals surface area (Å²) < 4.78 is 0. The quantitative estimate of drug-likeness (QED) is 0.918. The number of hydrogen-bond acceptors (Lipinski definition) is 3. The first-order valence-corrected chi connectivity index (χ1v) is 6.03.